The first-order valence-electron chi connectivity index (χ1n) is 13.0. The maximum Gasteiger partial charge on any atom is 0.408 e. The van der Waals surface area contributed by atoms with Gasteiger partial charge in [0, 0.05) is 34.0 Å². The number of alkyl carbamates (subject to hydrolysis) is 2. The second-order valence-corrected chi connectivity index (χ2v) is 14.0. The topological polar surface area (TPSA) is 146 Å². The molecule has 1 aliphatic carbocycles. The smallest absolute Gasteiger partial charge is 0.408 e. The Balaban J connectivity index is 2.93. The molecule has 0 aromatic heterocycles. The Kier molecular flexibility index (Phi) is 13.8. The van der Waals surface area contributed by atoms with Gasteiger partial charge in [-0.3, -0.25) is 4.79 Å². The minimum atomic E-state index is -0.965. The highest BCUT2D eigenvalue weighted by Crippen LogP contribution is 2.36. The molecule has 0 saturated heterocycles. The monoisotopic (exact) mass is 604 g/mol. The van der Waals surface area contributed by atoms with Crippen LogP contribution in [-0.4, -0.2) is 89.4 Å². The van der Waals surface area contributed by atoms with E-state index in [0.29, 0.717) is 5.57 Å². The average molecular weight is 605 g/mol. The number of amides is 2. The van der Waals surface area contributed by atoms with Crippen LogP contribution in [0.1, 0.15) is 61.8 Å². The van der Waals surface area contributed by atoms with Crippen molar-refractivity contribution in [3.05, 3.63) is 11.6 Å². The van der Waals surface area contributed by atoms with Crippen LogP contribution in [0.3, 0.4) is 0 Å². The molecule has 4 atom stereocenters. The number of rotatable bonds is 12. The van der Waals surface area contributed by atoms with Gasteiger partial charge >= 0.3 is 24.1 Å². The van der Waals surface area contributed by atoms with Crippen LogP contribution in [0.25, 0.3) is 0 Å². The lowest BCUT2D eigenvalue weighted by atomic mass is 10.0. The second-order valence-electron chi connectivity index (χ2n) is 11.6. The van der Waals surface area contributed by atoms with Crippen LogP contribution in [0.5, 0.6) is 0 Å². The van der Waals surface area contributed by atoms with Gasteiger partial charge in [0.15, 0.2) is 5.78 Å². The van der Waals surface area contributed by atoms with E-state index in [2.05, 4.69) is 10.6 Å². The van der Waals surface area contributed by atoms with E-state index in [4.69, 9.17) is 18.9 Å². The molecule has 0 aliphatic heterocycles. The highest BCUT2D eigenvalue weighted by molar-refractivity contribution is 8.00. The molecule has 1 aliphatic rings. The van der Waals surface area contributed by atoms with Crippen LogP contribution in [0.4, 0.5) is 9.59 Å². The molecule has 1 rings (SSSR count). The Morgan fingerprint density at radius 3 is 1.73 bits per heavy atom. The van der Waals surface area contributed by atoms with Crippen molar-refractivity contribution < 1.29 is 42.9 Å². The van der Waals surface area contributed by atoms with Gasteiger partial charge in [0.1, 0.15) is 23.3 Å². The van der Waals surface area contributed by atoms with Gasteiger partial charge in [-0.15, -0.1) is 0 Å². The van der Waals surface area contributed by atoms with E-state index in [1.54, 1.807) is 41.5 Å². The number of methoxy groups -OCH3 is 2. The molecule has 0 spiro atoms. The summed E-state index contributed by atoms with van der Waals surface area (Å²) in [5, 5.41) is 4.63. The molecule has 2 N–H and O–H groups in total. The fourth-order valence-corrected chi connectivity index (χ4v) is 6.16. The minimum absolute atomic E-state index is 0.0341. The number of nitrogens with one attached hydrogen (secondary N) is 2. The Bertz CT molecular complexity index is 955. The molecule has 0 radical (unpaired) electrons. The minimum Gasteiger partial charge on any atom is -0.467 e. The highest BCUT2D eigenvalue weighted by atomic mass is 32.2. The van der Waals surface area contributed by atoms with Gasteiger partial charge in [-0.1, -0.05) is 19.9 Å². The van der Waals surface area contributed by atoms with Gasteiger partial charge in [0.2, 0.25) is 0 Å². The van der Waals surface area contributed by atoms with Gasteiger partial charge in [-0.25, -0.2) is 19.2 Å². The first-order chi connectivity index (χ1) is 18.4. The Morgan fingerprint density at radius 2 is 1.32 bits per heavy atom. The van der Waals surface area contributed by atoms with Crippen molar-refractivity contribution in [1.82, 2.24) is 10.6 Å². The first kappa shape index (κ1) is 35.6. The van der Waals surface area contributed by atoms with E-state index >= 15 is 0 Å². The van der Waals surface area contributed by atoms with Crippen molar-refractivity contribution in [1.29, 1.82) is 0 Å². The number of ketones is 1. The maximum absolute atomic E-state index is 13.0. The van der Waals surface area contributed by atoms with E-state index in [1.807, 2.05) is 19.9 Å². The molecule has 0 fully saturated rings. The zero-order chi connectivity index (χ0) is 30.8. The summed E-state index contributed by atoms with van der Waals surface area (Å²) in [4.78, 5) is 62.1. The zero-order valence-electron chi connectivity index (χ0n) is 25.1. The number of hydrogen-bond donors (Lipinski definition) is 2. The zero-order valence-corrected chi connectivity index (χ0v) is 26.7. The summed E-state index contributed by atoms with van der Waals surface area (Å²) in [7, 11) is 2.47. The van der Waals surface area contributed by atoms with Crippen molar-refractivity contribution in [3.8, 4) is 0 Å². The van der Waals surface area contributed by atoms with E-state index in [0.717, 1.165) is 0 Å². The standard InChI is InChI=1S/C27H44N2O9S2/c1-15(2)21(40-14-19(23(32)36-10)29-25(34)38-27(6,7)8)17-11-16(12-20(17)30)39-13-18(22(31)35-9)28-24(33)37-26(3,4)5/h11,15-16,18-19,21H,12-14H2,1-10H3,(H,28,33)(H,29,34)/t16?,18-,19-,21?/m0/s1. The molecule has 0 saturated carbocycles. The van der Waals surface area contributed by atoms with E-state index in [9.17, 15) is 24.0 Å². The number of Topliss-reactive ketones (excluding diaryl/α,β-unsaturated/α-hetero) is 1. The number of carbonyl (C=O) groups is 5. The fourth-order valence-electron chi connectivity index (χ4n) is 3.60. The van der Waals surface area contributed by atoms with E-state index < -0.39 is 47.4 Å². The van der Waals surface area contributed by atoms with Gasteiger partial charge in [-0.2, -0.15) is 23.5 Å². The molecule has 2 amide bonds. The summed E-state index contributed by atoms with van der Waals surface area (Å²) in [5.41, 5.74) is -0.846. The lowest BCUT2D eigenvalue weighted by molar-refractivity contribution is -0.143. The molecule has 228 valence electrons. The summed E-state index contributed by atoms with van der Waals surface area (Å²) < 4.78 is 20.2. The molecular weight excluding hydrogens is 560 g/mol. The van der Waals surface area contributed by atoms with Crippen LogP contribution in [0, 0.1) is 5.92 Å². The summed E-state index contributed by atoms with van der Waals surface area (Å²) in [6, 6.07) is -1.92. The van der Waals surface area contributed by atoms with Crippen LogP contribution in [0.2, 0.25) is 0 Å². The van der Waals surface area contributed by atoms with E-state index in [1.165, 1.54) is 37.7 Å². The molecular formula is C27H44N2O9S2. The number of carbonyl (C=O) groups excluding carboxylic acids is 5. The largest absolute Gasteiger partial charge is 0.467 e. The van der Waals surface area contributed by atoms with Gasteiger partial charge in [0.25, 0.3) is 0 Å². The van der Waals surface area contributed by atoms with Gasteiger partial charge in [0.05, 0.1) is 14.2 Å². The number of thioether (sulfide) groups is 2. The molecule has 11 nitrogen and oxygen atoms in total. The van der Waals surface area contributed by atoms with Crippen LogP contribution >= 0.6 is 23.5 Å². The van der Waals surface area contributed by atoms with Crippen LogP contribution < -0.4 is 10.6 Å². The predicted molar refractivity (Wildman–Crippen MR) is 155 cm³/mol. The Morgan fingerprint density at radius 1 is 0.875 bits per heavy atom. The van der Waals surface area contributed by atoms with Gasteiger partial charge in [-0.05, 0) is 47.5 Å². The summed E-state index contributed by atoms with van der Waals surface area (Å²) in [5.74, 6) is -0.881. The van der Waals surface area contributed by atoms with Crippen molar-refractivity contribution in [2.24, 2.45) is 5.92 Å². The summed E-state index contributed by atoms with van der Waals surface area (Å²) >= 11 is 2.73. The van der Waals surface area contributed by atoms with Crippen molar-refractivity contribution in [2.75, 3.05) is 25.7 Å². The summed E-state index contributed by atoms with van der Waals surface area (Å²) in [6.45, 7) is 14.3. The number of ether oxygens (including phenoxy) is 4. The third kappa shape index (κ3) is 12.8. The molecule has 13 heteroatoms. The Hall–Kier alpha value is -2.41. The highest BCUT2D eigenvalue weighted by Gasteiger charge is 2.35. The molecule has 2 unspecified atom stereocenters. The lowest BCUT2D eigenvalue weighted by Gasteiger charge is -2.25. The van der Waals surface area contributed by atoms with Crippen molar-refractivity contribution in [3.63, 3.8) is 0 Å². The van der Waals surface area contributed by atoms with Crippen LogP contribution in [-0.2, 0) is 33.3 Å². The number of esters is 2. The average Bonchev–Trinajstić information content (AvgIpc) is 3.17. The summed E-state index contributed by atoms with van der Waals surface area (Å²) in [6.07, 6.45) is 0.637. The van der Waals surface area contributed by atoms with E-state index in [-0.39, 0.29) is 40.1 Å². The van der Waals surface area contributed by atoms with Crippen LogP contribution in [0.15, 0.2) is 11.6 Å². The van der Waals surface area contributed by atoms with Gasteiger partial charge < -0.3 is 29.6 Å². The molecule has 0 aromatic rings. The van der Waals surface area contributed by atoms with Crippen molar-refractivity contribution in [2.45, 2.75) is 95.6 Å². The van der Waals surface area contributed by atoms with Crippen molar-refractivity contribution >= 4 is 53.4 Å². The second kappa shape index (κ2) is 15.6. The molecule has 40 heavy (non-hydrogen) atoms. The lowest BCUT2D eigenvalue weighted by Crippen LogP contribution is -2.46. The molecule has 0 bridgehead atoms. The maximum atomic E-state index is 13.0. The Labute approximate surface area is 245 Å². The third-order valence-corrected chi connectivity index (χ3v) is 8.20. The molecule has 0 heterocycles. The normalized spacial score (nSPS) is 17.8. The fraction of sp³-hybridized carbons (Fsp3) is 0.741. The quantitative estimate of drug-likeness (QED) is 0.247. The first-order valence-corrected chi connectivity index (χ1v) is 15.1. The predicted octanol–water partition coefficient (Wildman–Crippen LogP) is 3.88. The molecule has 0 aromatic carbocycles. The SMILES string of the molecule is COC(=O)[C@H](CSC1C=C(C(SC[C@H](NC(=O)OC(C)(C)C)C(=O)OC)C(C)C)C(=O)C1)NC(=O)OC(C)(C)C. The third-order valence-electron chi connectivity index (χ3n) is 5.26. The number of hydrogen-bond acceptors (Lipinski definition) is 11.